The van der Waals surface area contributed by atoms with Gasteiger partial charge in [0.1, 0.15) is 30.2 Å². The molecule has 228 valence electrons. The minimum absolute atomic E-state index is 0.0830. The Balaban J connectivity index is 5.27. The average Bonchev–Trinajstić information content (AvgIpc) is 2.89. The van der Waals surface area contributed by atoms with E-state index in [9.17, 15) is 48.9 Å². The van der Waals surface area contributed by atoms with Crippen LogP contribution in [0.1, 0.15) is 26.7 Å². The monoisotopic (exact) mass is 579 g/mol. The molecule has 6 amide bonds. The predicted octanol–water partition coefficient (Wildman–Crippen LogP) is -7.53. The van der Waals surface area contributed by atoms with Gasteiger partial charge in [0, 0.05) is 6.42 Å². The second-order valence-corrected chi connectivity index (χ2v) is 8.64. The number of nitrogens with one attached hydrogen (secondary N) is 5. The Hall–Kier alpha value is -3.91. The highest BCUT2D eigenvalue weighted by Gasteiger charge is 2.33. The van der Waals surface area contributed by atoms with Crippen LogP contribution in [0.5, 0.6) is 0 Å². The van der Waals surface area contributed by atoms with Gasteiger partial charge in [-0.15, -0.1) is 0 Å². The fraction of sp³-hybridized carbons (Fsp3) is 0.667. The van der Waals surface area contributed by atoms with E-state index in [1.807, 2.05) is 10.6 Å². The summed E-state index contributed by atoms with van der Waals surface area (Å²) in [4.78, 5) is 83.7. The van der Waals surface area contributed by atoms with Crippen LogP contribution < -0.4 is 38.1 Å². The van der Waals surface area contributed by atoms with Crippen molar-refractivity contribution in [3.63, 3.8) is 0 Å². The number of aliphatic hydroxyl groups excluding tert-OH is 4. The standard InChI is InChI=1S/C21H37N7O12/c1-8(24-17(35)10(22)3-4-14(23)33)16(34)25-12(6-30)19(37)28-15(9(2)32)20(38)26-11(5-29)18(36)27-13(7-31)21(39)40/h8-13,15,29-32H,3-7,22H2,1-2H3,(H2,23,33)(H,24,35)(H,25,34)(H,26,38)(H,27,36)(H,28,37)(H,39,40). The van der Waals surface area contributed by atoms with Gasteiger partial charge in [-0.2, -0.15) is 0 Å². The van der Waals surface area contributed by atoms with E-state index in [4.69, 9.17) is 21.7 Å². The lowest BCUT2D eigenvalue weighted by molar-refractivity contribution is -0.143. The molecule has 0 aliphatic carbocycles. The summed E-state index contributed by atoms with van der Waals surface area (Å²) in [5.41, 5.74) is 10.6. The molecule has 0 heterocycles. The molecule has 19 heteroatoms. The maximum Gasteiger partial charge on any atom is 0.328 e. The van der Waals surface area contributed by atoms with Gasteiger partial charge in [0.15, 0.2) is 0 Å². The van der Waals surface area contributed by atoms with E-state index in [1.54, 1.807) is 0 Å². The lowest BCUT2D eigenvalue weighted by Gasteiger charge is -2.26. The minimum Gasteiger partial charge on any atom is -0.480 e. The highest BCUT2D eigenvalue weighted by molar-refractivity contribution is 5.96. The van der Waals surface area contributed by atoms with Crippen molar-refractivity contribution in [3.8, 4) is 0 Å². The van der Waals surface area contributed by atoms with Crippen molar-refractivity contribution in [2.24, 2.45) is 11.5 Å². The Kier molecular flexibility index (Phi) is 15.9. The average molecular weight is 580 g/mol. The fourth-order valence-electron chi connectivity index (χ4n) is 2.88. The van der Waals surface area contributed by atoms with Crippen molar-refractivity contribution in [1.82, 2.24) is 26.6 Å². The van der Waals surface area contributed by atoms with Crippen molar-refractivity contribution < 1.29 is 59.1 Å². The van der Waals surface area contributed by atoms with Crippen molar-refractivity contribution in [1.29, 1.82) is 0 Å². The number of amides is 6. The quantitative estimate of drug-likeness (QED) is 0.0718. The molecule has 0 rings (SSSR count). The number of carboxylic acid groups (broad SMARTS) is 1. The van der Waals surface area contributed by atoms with Gasteiger partial charge in [0.05, 0.1) is 32.0 Å². The topological polar surface area (TPSA) is 333 Å². The largest absolute Gasteiger partial charge is 0.480 e. The molecular formula is C21H37N7O12. The first kappa shape index (κ1) is 36.1. The van der Waals surface area contributed by atoms with E-state index in [0.717, 1.165) is 6.92 Å². The molecule has 19 nitrogen and oxygen atoms in total. The third-order valence-corrected chi connectivity index (χ3v) is 5.28. The van der Waals surface area contributed by atoms with Crippen molar-refractivity contribution in [2.75, 3.05) is 19.8 Å². The van der Waals surface area contributed by atoms with E-state index < -0.39 is 104 Å². The molecule has 0 spiro atoms. The number of carboxylic acids is 1. The van der Waals surface area contributed by atoms with E-state index in [0.29, 0.717) is 0 Å². The summed E-state index contributed by atoms with van der Waals surface area (Å²) in [5, 5.41) is 57.2. The first-order valence-electron chi connectivity index (χ1n) is 11.9. The molecule has 14 N–H and O–H groups in total. The van der Waals surface area contributed by atoms with Crippen LogP contribution in [0.4, 0.5) is 0 Å². The van der Waals surface area contributed by atoms with Crippen molar-refractivity contribution in [3.05, 3.63) is 0 Å². The molecule has 0 bridgehead atoms. The van der Waals surface area contributed by atoms with Crippen LogP contribution in [0, 0.1) is 0 Å². The van der Waals surface area contributed by atoms with Gasteiger partial charge in [-0.05, 0) is 20.3 Å². The number of hydrogen-bond donors (Lipinski definition) is 12. The number of primary amides is 1. The molecule has 0 saturated heterocycles. The van der Waals surface area contributed by atoms with E-state index >= 15 is 0 Å². The Morgan fingerprint density at radius 1 is 0.675 bits per heavy atom. The fourth-order valence-corrected chi connectivity index (χ4v) is 2.88. The van der Waals surface area contributed by atoms with Gasteiger partial charge >= 0.3 is 5.97 Å². The van der Waals surface area contributed by atoms with E-state index in [-0.39, 0.29) is 12.8 Å². The Labute approximate surface area is 228 Å². The number of carbonyl (C=O) groups excluding carboxylic acids is 6. The number of hydrogen-bond acceptors (Lipinski definition) is 12. The molecule has 0 aliphatic heterocycles. The molecule has 40 heavy (non-hydrogen) atoms. The third kappa shape index (κ3) is 12.3. The summed E-state index contributed by atoms with van der Waals surface area (Å²) in [7, 11) is 0. The number of aliphatic carboxylic acids is 1. The summed E-state index contributed by atoms with van der Waals surface area (Å²) < 4.78 is 0. The van der Waals surface area contributed by atoms with Gasteiger partial charge in [-0.1, -0.05) is 0 Å². The van der Waals surface area contributed by atoms with Gasteiger partial charge in [0.2, 0.25) is 35.4 Å². The maximum atomic E-state index is 12.6. The summed E-state index contributed by atoms with van der Waals surface area (Å²) in [5.74, 6) is -7.58. The molecule has 0 saturated carbocycles. The zero-order valence-corrected chi connectivity index (χ0v) is 21.8. The number of nitrogens with two attached hydrogens (primary N) is 2. The summed E-state index contributed by atoms with van der Waals surface area (Å²) in [6.45, 7) is -0.683. The van der Waals surface area contributed by atoms with Crippen LogP contribution in [0.3, 0.4) is 0 Å². The molecule has 0 aliphatic rings. The van der Waals surface area contributed by atoms with Crippen molar-refractivity contribution in [2.45, 2.75) is 69.0 Å². The minimum atomic E-state index is -1.78. The van der Waals surface area contributed by atoms with Gasteiger partial charge < -0.3 is 63.6 Å². The molecule has 0 fully saturated rings. The normalized spacial score (nSPS) is 16.1. The number of carbonyl (C=O) groups is 7. The smallest absolute Gasteiger partial charge is 0.328 e. The maximum absolute atomic E-state index is 12.6. The van der Waals surface area contributed by atoms with Crippen LogP contribution in [0.2, 0.25) is 0 Å². The van der Waals surface area contributed by atoms with Gasteiger partial charge in [-0.25, -0.2) is 4.79 Å². The number of rotatable bonds is 18. The summed E-state index contributed by atoms with van der Waals surface area (Å²) in [6.07, 6.45) is -1.86. The lowest BCUT2D eigenvalue weighted by Crippen LogP contribution is -2.62. The van der Waals surface area contributed by atoms with E-state index in [2.05, 4.69) is 16.0 Å². The molecule has 0 aromatic carbocycles. The van der Waals surface area contributed by atoms with Crippen molar-refractivity contribution >= 4 is 41.4 Å². The molecule has 0 aromatic heterocycles. The predicted molar refractivity (Wildman–Crippen MR) is 132 cm³/mol. The second-order valence-electron chi connectivity index (χ2n) is 8.64. The molecule has 7 unspecified atom stereocenters. The molecule has 7 atom stereocenters. The van der Waals surface area contributed by atoms with Crippen LogP contribution in [0.25, 0.3) is 0 Å². The third-order valence-electron chi connectivity index (χ3n) is 5.28. The SMILES string of the molecule is CC(NC(=O)C(N)CCC(N)=O)C(=O)NC(CO)C(=O)NC(C(=O)NC(CO)C(=O)NC(CO)C(=O)O)C(C)O. The Morgan fingerprint density at radius 3 is 1.55 bits per heavy atom. The molecular weight excluding hydrogens is 542 g/mol. The summed E-state index contributed by atoms with van der Waals surface area (Å²) >= 11 is 0. The molecule has 0 radical (unpaired) electrons. The van der Waals surface area contributed by atoms with Gasteiger partial charge in [0.25, 0.3) is 0 Å². The summed E-state index contributed by atoms with van der Waals surface area (Å²) in [6, 6.07) is -9.37. The molecule has 0 aromatic rings. The second kappa shape index (κ2) is 17.6. The first-order valence-corrected chi connectivity index (χ1v) is 11.9. The van der Waals surface area contributed by atoms with Crippen LogP contribution in [-0.4, -0.2) is 129 Å². The van der Waals surface area contributed by atoms with Crippen LogP contribution in [-0.2, 0) is 33.6 Å². The van der Waals surface area contributed by atoms with Gasteiger partial charge in [-0.3, -0.25) is 28.8 Å². The zero-order valence-electron chi connectivity index (χ0n) is 21.8. The Bertz CT molecular complexity index is 932. The number of aliphatic hydroxyl groups is 4. The lowest BCUT2D eigenvalue weighted by atomic mass is 10.1. The van der Waals surface area contributed by atoms with E-state index in [1.165, 1.54) is 6.92 Å². The first-order chi connectivity index (χ1) is 18.6. The highest BCUT2D eigenvalue weighted by atomic mass is 16.4. The Morgan fingerprint density at radius 2 is 1.12 bits per heavy atom. The highest BCUT2D eigenvalue weighted by Crippen LogP contribution is 1.99. The van der Waals surface area contributed by atoms with Crippen LogP contribution in [0.15, 0.2) is 0 Å². The van der Waals surface area contributed by atoms with Crippen LogP contribution >= 0.6 is 0 Å². The zero-order chi connectivity index (χ0) is 31.2.